The maximum Gasteiger partial charge on any atom is 0.226 e. The van der Waals surface area contributed by atoms with E-state index in [2.05, 4.69) is 5.32 Å². The zero-order valence-corrected chi connectivity index (χ0v) is 13.1. The highest BCUT2D eigenvalue weighted by Crippen LogP contribution is 2.16. The van der Waals surface area contributed by atoms with Gasteiger partial charge in [0.15, 0.2) is 0 Å². The zero-order chi connectivity index (χ0) is 17.5. The molecule has 2 amide bonds. The third kappa shape index (κ3) is 4.65. The maximum atomic E-state index is 13.3. The van der Waals surface area contributed by atoms with E-state index in [1.807, 2.05) is 6.07 Å². The van der Waals surface area contributed by atoms with Gasteiger partial charge in [-0.1, -0.05) is 6.07 Å². The van der Waals surface area contributed by atoms with Crippen LogP contribution in [0.1, 0.15) is 18.9 Å². The molecule has 0 atom stereocenters. The lowest BCUT2D eigenvalue weighted by atomic mass is 10.2. The summed E-state index contributed by atoms with van der Waals surface area (Å²) in [7, 11) is 0. The summed E-state index contributed by atoms with van der Waals surface area (Å²) in [6, 6.07) is 14.1. The van der Waals surface area contributed by atoms with Gasteiger partial charge in [-0.05, 0) is 42.5 Å². The predicted octanol–water partition coefficient (Wildman–Crippen LogP) is 3.08. The highest BCUT2D eigenvalue weighted by atomic mass is 19.1. The molecule has 0 saturated heterocycles. The van der Waals surface area contributed by atoms with E-state index in [0.717, 1.165) is 0 Å². The van der Waals surface area contributed by atoms with E-state index < -0.39 is 5.82 Å². The molecular formula is C18H16FN3O2. The van der Waals surface area contributed by atoms with Crippen molar-refractivity contribution in [1.82, 2.24) is 0 Å². The van der Waals surface area contributed by atoms with Crippen LogP contribution in [0.3, 0.4) is 0 Å². The molecule has 6 heteroatoms. The number of benzene rings is 2. The molecule has 24 heavy (non-hydrogen) atoms. The van der Waals surface area contributed by atoms with Gasteiger partial charge in [0.1, 0.15) is 5.82 Å². The molecule has 122 valence electrons. The van der Waals surface area contributed by atoms with Crippen molar-refractivity contribution in [3.63, 3.8) is 0 Å². The standard InChI is InChI=1S/C18H16FN3O2/c1-13(23)22(17-4-2-3-15(19)11-17)10-9-18(24)21-16-7-5-14(12-20)6-8-16/h2-8,11H,9-10H2,1H3,(H,21,24). The number of nitrogens with zero attached hydrogens (tertiary/aromatic N) is 2. The molecule has 0 fully saturated rings. The fourth-order valence-electron chi connectivity index (χ4n) is 2.18. The average molecular weight is 325 g/mol. The molecule has 2 rings (SSSR count). The molecule has 0 radical (unpaired) electrons. The van der Waals surface area contributed by atoms with Crippen molar-refractivity contribution in [2.24, 2.45) is 0 Å². The Labute approximate surface area is 139 Å². The number of hydrogen-bond donors (Lipinski definition) is 1. The monoisotopic (exact) mass is 325 g/mol. The normalized spacial score (nSPS) is 9.88. The minimum atomic E-state index is -0.444. The van der Waals surface area contributed by atoms with Gasteiger partial charge in [0.05, 0.1) is 11.6 Å². The van der Waals surface area contributed by atoms with E-state index in [4.69, 9.17) is 5.26 Å². The Bertz CT molecular complexity index is 782. The summed E-state index contributed by atoms with van der Waals surface area (Å²) in [5, 5.41) is 11.4. The van der Waals surface area contributed by atoms with E-state index in [0.29, 0.717) is 16.9 Å². The van der Waals surface area contributed by atoms with Crippen LogP contribution in [0.15, 0.2) is 48.5 Å². The van der Waals surface area contributed by atoms with Crippen molar-refractivity contribution < 1.29 is 14.0 Å². The molecule has 0 aliphatic carbocycles. The molecule has 0 aliphatic rings. The maximum absolute atomic E-state index is 13.3. The van der Waals surface area contributed by atoms with Crippen molar-refractivity contribution in [2.45, 2.75) is 13.3 Å². The highest BCUT2D eigenvalue weighted by molar-refractivity contribution is 5.94. The molecule has 0 aliphatic heterocycles. The third-order valence-corrected chi connectivity index (χ3v) is 3.36. The smallest absolute Gasteiger partial charge is 0.226 e. The molecule has 2 aromatic rings. The Morgan fingerprint density at radius 3 is 2.50 bits per heavy atom. The van der Waals surface area contributed by atoms with E-state index in [1.54, 1.807) is 30.3 Å². The summed E-state index contributed by atoms with van der Waals surface area (Å²) < 4.78 is 13.3. The topological polar surface area (TPSA) is 73.2 Å². The van der Waals surface area contributed by atoms with Gasteiger partial charge in [-0.2, -0.15) is 5.26 Å². The number of amides is 2. The molecule has 2 aromatic carbocycles. The van der Waals surface area contributed by atoms with Crippen LogP contribution in [0.2, 0.25) is 0 Å². The van der Waals surface area contributed by atoms with Gasteiger partial charge in [0.25, 0.3) is 0 Å². The van der Waals surface area contributed by atoms with Crippen LogP contribution in [0.25, 0.3) is 0 Å². The first-order valence-electron chi connectivity index (χ1n) is 7.33. The molecular weight excluding hydrogens is 309 g/mol. The van der Waals surface area contributed by atoms with E-state index in [1.165, 1.54) is 30.0 Å². The first-order chi connectivity index (χ1) is 11.5. The zero-order valence-electron chi connectivity index (χ0n) is 13.1. The van der Waals surface area contributed by atoms with E-state index >= 15 is 0 Å². The predicted molar refractivity (Wildman–Crippen MR) is 88.8 cm³/mol. The third-order valence-electron chi connectivity index (χ3n) is 3.36. The molecule has 1 N–H and O–H groups in total. The summed E-state index contributed by atoms with van der Waals surface area (Å²) in [6.45, 7) is 1.50. The number of carbonyl (C=O) groups is 2. The molecule has 0 spiro atoms. The van der Waals surface area contributed by atoms with Crippen molar-refractivity contribution in [2.75, 3.05) is 16.8 Å². The van der Waals surface area contributed by atoms with Crippen LogP contribution in [-0.4, -0.2) is 18.4 Å². The highest BCUT2D eigenvalue weighted by Gasteiger charge is 2.14. The Kier molecular flexibility index (Phi) is 5.63. The molecule has 0 bridgehead atoms. The van der Waals surface area contributed by atoms with Gasteiger partial charge in [0.2, 0.25) is 11.8 Å². The Morgan fingerprint density at radius 2 is 1.92 bits per heavy atom. The minimum Gasteiger partial charge on any atom is -0.326 e. The number of halogens is 1. The van der Waals surface area contributed by atoms with Gasteiger partial charge < -0.3 is 10.2 Å². The quantitative estimate of drug-likeness (QED) is 0.918. The van der Waals surface area contributed by atoms with Crippen molar-refractivity contribution in [3.05, 3.63) is 59.9 Å². The fourth-order valence-corrected chi connectivity index (χ4v) is 2.18. The lowest BCUT2D eigenvalue weighted by Gasteiger charge is -2.21. The second-order valence-electron chi connectivity index (χ2n) is 5.14. The van der Waals surface area contributed by atoms with Crippen LogP contribution >= 0.6 is 0 Å². The summed E-state index contributed by atoms with van der Waals surface area (Å²) >= 11 is 0. The van der Waals surface area contributed by atoms with Crippen LogP contribution < -0.4 is 10.2 Å². The summed E-state index contributed by atoms with van der Waals surface area (Å²) in [6.07, 6.45) is 0.0656. The number of nitrogens with one attached hydrogen (secondary N) is 1. The van der Waals surface area contributed by atoms with Gasteiger partial charge in [-0.25, -0.2) is 4.39 Å². The second-order valence-corrected chi connectivity index (χ2v) is 5.14. The summed E-state index contributed by atoms with van der Waals surface area (Å²) in [5.41, 5.74) is 1.48. The average Bonchev–Trinajstić information content (AvgIpc) is 2.55. The number of anilines is 2. The lowest BCUT2D eigenvalue weighted by Crippen LogP contribution is -2.32. The molecule has 0 heterocycles. The fraction of sp³-hybridized carbons (Fsp3) is 0.167. The molecule has 0 unspecified atom stereocenters. The number of nitriles is 1. The number of carbonyl (C=O) groups excluding carboxylic acids is 2. The Balaban J connectivity index is 1.97. The lowest BCUT2D eigenvalue weighted by molar-refractivity contribution is -0.117. The van der Waals surface area contributed by atoms with Gasteiger partial charge >= 0.3 is 0 Å². The van der Waals surface area contributed by atoms with Crippen LogP contribution in [-0.2, 0) is 9.59 Å². The van der Waals surface area contributed by atoms with Gasteiger partial charge in [-0.15, -0.1) is 0 Å². The second kappa shape index (κ2) is 7.88. The largest absolute Gasteiger partial charge is 0.326 e. The first-order valence-corrected chi connectivity index (χ1v) is 7.33. The van der Waals surface area contributed by atoms with E-state index in [9.17, 15) is 14.0 Å². The summed E-state index contributed by atoms with van der Waals surface area (Å²) in [5.74, 6) is -0.991. The number of hydrogen-bond acceptors (Lipinski definition) is 3. The first kappa shape index (κ1) is 17.2. The molecule has 0 saturated carbocycles. The molecule has 0 aromatic heterocycles. The van der Waals surface area contributed by atoms with E-state index in [-0.39, 0.29) is 24.8 Å². The van der Waals surface area contributed by atoms with Crippen molar-refractivity contribution >= 4 is 23.2 Å². The van der Waals surface area contributed by atoms with Gasteiger partial charge in [-0.3, -0.25) is 9.59 Å². The van der Waals surface area contributed by atoms with Crippen LogP contribution in [0.5, 0.6) is 0 Å². The molecule has 5 nitrogen and oxygen atoms in total. The van der Waals surface area contributed by atoms with Crippen molar-refractivity contribution in [1.29, 1.82) is 5.26 Å². The van der Waals surface area contributed by atoms with Gasteiger partial charge in [0, 0.05) is 31.3 Å². The Hall–Kier alpha value is -3.20. The van der Waals surface area contributed by atoms with Crippen LogP contribution in [0, 0.1) is 17.1 Å². The summed E-state index contributed by atoms with van der Waals surface area (Å²) in [4.78, 5) is 25.1. The number of rotatable bonds is 5. The van der Waals surface area contributed by atoms with Crippen molar-refractivity contribution in [3.8, 4) is 6.07 Å². The SMILES string of the molecule is CC(=O)N(CCC(=O)Nc1ccc(C#N)cc1)c1cccc(F)c1. The minimum absolute atomic E-state index is 0.0656. The van der Waals surface area contributed by atoms with Crippen LogP contribution in [0.4, 0.5) is 15.8 Å². The Morgan fingerprint density at radius 1 is 1.21 bits per heavy atom.